The van der Waals surface area contributed by atoms with Crippen molar-refractivity contribution >= 4 is 0 Å². The first-order valence-corrected chi connectivity index (χ1v) is 5.94. The van der Waals surface area contributed by atoms with Crippen LogP contribution in [0.15, 0.2) is 30.3 Å². The molecule has 0 bridgehead atoms. The van der Waals surface area contributed by atoms with E-state index >= 15 is 0 Å². The maximum Gasteiger partial charge on any atom is 0.0933 e. The van der Waals surface area contributed by atoms with Crippen LogP contribution >= 0.6 is 0 Å². The molecule has 1 fully saturated rings. The van der Waals surface area contributed by atoms with Crippen LogP contribution in [0.1, 0.15) is 24.8 Å². The van der Waals surface area contributed by atoms with Crippen molar-refractivity contribution in [2.24, 2.45) is 0 Å². The van der Waals surface area contributed by atoms with E-state index < -0.39 is 0 Å². The second kappa shape index (κ2) is 6.63. The molecule has 88 valence electrons. The third kappa shape index (κ3) is 3.93. The van der Waals surface area contributed by atoms with Gasteiger partial charge in [0, 0.05) is 19.3 Å². The zero-order chi connectivity index (χ0) is 11.1. The Morgan fingerprint density at radius 2 is 2.06 bits per heavy atom. The summed E-state index contributed by atoms with van der Waals surface area (Å²) in [5.41, 5.74) is 4.32. The maximum atomic E-state index is 5.51. The lowest BCUT2D eigenvalue weighted by Crippen LogP contribution is -2.29. The molecule has 0 aromatic heterocycles. The average Bonchev–Trinajstić information content (AvgIpc) is 2.59. The Morgan fingerprint density at radius 1 is 1.19 bits per heavy atom. The summed E-state index contributed by atoms with van der Waals surface area (Å²) in [6.45, 7) is 2.35. The highest BCUT2D eigenvalue weighted by Gasteiger charge is 2.11. The fourth-order valence-corrected chi connectivity index (χ4v) is 1.84. The Morgan fingerprint density at radius 3 is 2.94 bits per heavy atom. The standard InChI is InChI=1S/C13H19NO2/c1-2-5-12(6-3-1)11-16-14-13-7-4-9-15-10-8-13/h1-3,5-6,13-14H,4,7-11H2. The summed E-state index contributed by atoms with van der Waals surface area (Å²) in [6, 6.07) is 10.6. The number of rotatable bonds is 4. The molecule has 1 aromatic rings. The van der Waals surface area contributed by atoms with Crippen molar-refractivity contribution in [3.05, 3.63) is 35.9 Å². The second-order valence-electron chi connectivity index (χ2n) is 4.13. The van der Waals surface area contributed by atoms with Crippen molar-refractivity contribution in [1.82, 2.24) is 5.48 Å². The van der Waals surface area contributed by atoms with Crippen LogP contribution in [0.25, 0.3) is 0 Å². The van der Waals surface area contributed by atoms with Gasteiger partial charge in [-0.05, 0) is 24.8 Å². The van der Waals surface area contributed by atoms with Crippen LogP contribution in [0, 0.1) is 0 Å². The summed E-state index contributed by atoms with van der Waals surface area (Å²) in [7, 11) is 0. The Kier molecular flexibility index (Phi) is 4.80. The fourth-order valence-electron chi connectivity index (χ4n) is 1.84. The predicted molar refractivity (Wildman–Crippen MR) is 62.8 cm³/mol. The van der Waals surface area contributed by atoms with Gasteiger partial charge >= 0.3 is 0 Å². The molecule has 3 nitrogen and oxygen atoms in total. The first kappa shape index (κ1) is 11.6. The summed E-state index contributed by atoms with van der Waals surface area (Å²) >= 11 is 0. The van der Waals surface area contributed by atoms with Crippen molar-refractivity contribution < 1.29 is 9.57 Å². The van der Waals surface area contributed by atoms with Gasteiger partial charge in [-0.1, -0.05) is 30.3 Å². The molecule has 1 aliphatic rings. The lowest BCUT2D eigenvalue weighted by atomic mass is 10.1. The molecular formula is C13H19NO2. The molecule has 2 rings (SSSR count). The summed E-state index contributed by atoms with van der Waals surface area (Å²) < 4.78 is 5.39. The molecule has 1 saturated heterocycles. The molecule has 0 saturated carbocycles. The highest BCUT2D eigenvalue weighted by atomic mass is 16.6. The Bertz CT molecular complexity index is 281. The van der Waals surface area contributed by atoms with Crippen LogP contribution < -0.4 is 5.48 Å². The maximum absolute atomic E-state index is 5.51. The first-order valence-electron chi connectivity index (χ1n) is 5.94. The third-order valence-electron chi connectivity index (χ3n) is 2.78. The van der Waals surface area contributed by atoms with E-state index in [0.717, 1.165) is 32.5 Å². The first-order chi connectivity index (χ1) is 7.95. The molecule has 0 amide bonds. The van der Waals surface area contributed by atoms with Crippen molar-refractivity contribution in [2.75, 3.05) is 13.2 Å². The molecule has 3 heteroatoms. The average molecular weight is 221 g/mol. The summed E-state index contributed by atoms with van der Waals surface area (Å²) in [6.07, 6.45) is 3.29. The van der Waals surface area contributed by atoms with Crippen LogP contribution in [0.4, 0.5) is 0 Å². The van der Waals surface area contributed by atoms with E-state index in [-0.39, 0.29) is 0 Å². The highest BCUT2D eigenvalue weighted by Crippen LogP contribution is 2.08. The summed E-state index contributed by atoms with van der Waals surface area (Å²) in [4.78, 5) is 5.51. The lowest BCUT2D eigenvalue weighted by molar-refractivity contribution is -0.000943. The van der Waals surface area contributed by atoms with Crippen LogP contribution in [-0.4, -0.2) is 19.3 Å². The molecule has 1 heterocycles. The van der Waals surface area contributed by atoms with Gasteiger partial charge in [0.25, 0.3) is 0 Å². The minimum atomic E-state index is 0.436. The number of hydrogen-bond donors (Lipinski definition) is 1. The summed E-state index contributed by atoms with van der Waals surface area (Å²) in [5.74, 6) is 0. The number of nitrogens with one attached hydrogen (secondary N) is 1. The SMILES string of the molecule is c1ccc(CONC2CCCOCC2)cc1. The number of hydroxylamine groups is 1. The largest absolute Gasteiger partial charge is 0.381 e. The zero-order valence-electron chi connectivity index (χ0n) is 9.52. The van der Waals surface area contributed by atoms with Gasteiger partial charge in [0.05, 0.1) is 6.61 Å². The number of ether oxygens (including phenoxy) is 1. The Balaban J connectivity index is 1.67. The lowest BCUT2D eigenvalue weighted by Gasteiger charge is -2.15. The predicted octanol–water partition coefficient (Wildman–Crippen LogP) is 2.28. The molecule has 1 aromatic carbocycles. The monoisotopic (exact) mass is 221 g/mol. The van der Waals surface area contributed by atoms with Gasteiger partial charge in [-0.25, -0.2) is 0 Å². The summed E-state index contributed by atoms with van der Waals surface area (Å²) in [5, 5.41) is 0. The van der Waals surface area contributed by atoms with Gasteiger partial charge in [0.15, 0.2) is 0 Å². The molecule has 1 aliphatic heterocycles. The molecule has 1 unspecified atom stereocenters. The Hall–Kier alpha value is -0.900. The van der Waals surface area contributed by atoms with E-state index in [0.29, 0.717) is 12.6 Å². The van der Waals surface area contributed by atoms with Crippen molar-refractivity contribution in [3.63, 3.8) is 0 Å². The second-order valence-corrected chi connectivity index (χ2v) is 4.13. The molecule has 0 spiro atoms. The zero-order valence-corrected chi connectivity index (χ0v) is 9.52. The van der Waals surface area contributed by atoms with E-state index in [1.165, 1.54) is 5.56 Å². The molecule has 16 heavy (non-hydrogen) atoms. The topological polar surface area (TPSA) is 30.5 Å². The van der Waals surface area contributed by atoms with Gasteiger partial charge in [0.2, 0.25) is 0 Å². The smallest absolute Gasteiger partial charge is 0.0933 e. The third-order valence-corrected chi connectivity index (χ3v) is 2.78. The highest BCUT2D eigenvalue weighted by molar-refractivity contribution is 5.13. The quantitative estimate of drug-likeness (QED) is 0.791. The Labute approximate surface area is 96.7 Å². The van der Waals surface area contributed by atoms with E-state index in [1.807, 2.05) is 18.2 Å². The number of hydrogen-bond acceptors (Lipinski definition) is 3. The fraction of sp³-hybridized carbons (Fsp3) is 0.538. The van der Waals surface area contributed by atoms with Crippen LogP contribution in [0.5, 0.6) is 0 Å². The molecule has 0 radical (unpaired) electrons. The van der Waals surface area contributed by atoms with Gasteiger partial charge in [0.1, 0.15) is 0 Å². The minimum absolute atomic E-state index is 0.436. The normalized spacial score (nSPS) is 21.6. The van der Waals surface area contributed by atoms with E-state index in [4.69, 9.17) is 9.57 Å². The van der Waals surface area contributed by atoms with Crippen molar-refractivity contribution in [1.29, 1.82) is 0 Å². The van der Waals surface area contributed by atoms with Crippen LogP contribution in [-0.2, 0) is 16.2 Å². The molecule has 1 atom stereocenters. The van der Waals surface area contributed by atoms with Gasteiger partial charge in [-0.15, -0.1) is 0 Å². The van der Waals surface area contributed by atoms with Gasteiger partial charge in [-0.2, -0.15) is 5.48 Å². The minimum Gasteiger partial charge on any atom is -0.381 e. The molecule has 0 aliphatic carbocycles. The van der Waals surface area contributed by atoms with E-state index in [1.54, 1.807) is 0 Å². The number of benzene rings is 1. The van der Waals surface area contributed by atoms with Gasteiger partial charge < -0.3 is 4.74 Å². The van der Waals surface area contributed by atoms with E-state index in [2.05, 4.69) is 17.6 Å². The van der Waals surface area contributed by atoms with Gasteiger partial charge in [-0.3, -0.25) is 4.84 Å². The van der Waals surface area contributed by atoms with Crippen LogP contribution in [0.2, 0.25) is 0 Å². The van der Waals surface area contributed by atoms with Crippen molar-refractivity contribution in [3.8, 4) is 0 Å². The van der Waals surface area contributed by atoms with E-state index in [9.17, 15) is 0 Å². The molecular weight excluding hydrogens is 202 g/mol. The molecule has 1 N–H and O–H groups in total. The van der Waals surface area contributed by atoms with Crippen molar-refractivity contribution in [2.45, 2.75) is 31.9 Å². The van der Waals surface area contributed by atoms with Crippen LogP contribution in [0.3, 0.4) is 0 Å².